The van der Waals surface area contributed by atoms with E-state index in [1.807, 2.05) is 0 Å². The molecule has 0 rings (SSSR count). The molecule has 0 heterocycles. The van der Waals surface area contributed by atoms with Crippen LogP contribution in [-0.2, 0) is 9.09 Å². The second-order valence-corrected chi connectivity index (χ2v) is 5.25. The summed E-state index contributed by atoms with van der Waals surface area (Å²) in [6.07, 6.45) is -0.250. The van der Waals surface area contributed by atoms with Crippen LogP contribution in [0.1, 0.15) is 20.3 Å². The fraction of sp³-hybridized carbons (Fsp3) is 1.00. The number of hydrogen-bond acceptors (Lipinski definition) is 3. The van der Waals surface area contributed by atoms with Gasteiger partial charge in [-0.3, -0.25) is 9.09 Å². The zero-order valence-electron chi connectivity index (χ0n) is 7.24. The van der Waals surface area contributed by atoms with Gasteiger partial charge in [0.05, 0.1) is 6.16 Å². The topological polar surface area (TPSA) is 72.5 Å². The third-order valence-electron chi connectivity index (χ3n) is 1.18. The van der Waals surface area contributed by atoms with Gasteiger partial charge in [-0.2, -0.15) is 0 Å². The molecule has 0 aromatic heterocycles. The zero-order chi connectivity index (χ0) is 9.78. The Morgan fingerprint density at radius 1 is 1.75 bits per heavy atom. The van der Waals surface area contributed by atoms with E-state index in [-0.39, 0.29) is 11.5 Å². The first-order chi connectivity index (χ1) is 5.37. The molecule has 74 valence electrons. The van der Waals surface area contributed by atoms with E-state index >= 15 is 0 Å². The molecule has 0 spiro atoms. The van der Waals surface area contributed by atoms with Crippen LogP contribution in [0.25, 0.3) is 0 Å². The molecule has 0 saturated carbocycles. The van der Waals surface area contributed by atoms with Crippen LogP contribution >= 0.6 is 19.2 Å². The smallest absolute Gasteiger partial charge is 0.324 e. The summed E-state index contributed by atoms with van der Waals surface area (Å²) in [5.74, 6) is 0. The van der Waals surface area contributed by atoms with E-state index < -0.39 is 13.8 Å². The van der Waals surface area contributed by atoms with Gasteiger partial charge < -0.3 is 10.6 Å². The monoisotopic (exact) mass is 215 g/mol. The molecule has 0 aromatic rings. The van der Waals surface area contributed by atoms with E-state index in [4.69, 9.17) is 26.8 Å². The number of alkyl halides is 1. The van der Waals surface area contributed by atoms with E-state index in [0.29, 0.717) is 6.42 Å². The summed E-state index contributed by atoms with van der Waals surface area (Å²) in [7, 11) is -3.58. The third kappa shape index (κ3) is 5.98. The normalized spacial score (nSPS) is 21.4. The van der Waals surface area contributed by atoms with Gasteiger partial charge in [0.1, 0.15) is 6.23 Å². The maximum absolute atomic E-state index is 11.2. The molecule has 0 saturated heterocycles. The quantitative estimate of drug-likeness (QED) is 0.414. The van der Waals surface area contributed by atoms with Gasteiger partial charge in [-0.1, -0.05) is 6.92 Å². The Kier molecular flexibility index (Phi) is 5.37. The number of nitrogens with two attached hydrogens (primary N) is 1. The molecule has 0 aliphatic carbocycles. The second-order valence-electron chi connectivity index (χ2n) is 2.65. The molecule has 0 radical (unpaired) electrons. The van der Waals surface area contributed by atoms with Crippen LogP contribution in [0.2, 0.25) is 0 Å². The molecule has 0 amide bonds. The van der Waals surface area contributed by atoms with Gasteiger partial charge in [-0.05, 0) is 13.3 Å². The average Bonchev–Trinajstić information content (AvgIpc) is 1.83. The minimum Gasteiger partial charge on any atom is -0.324 e. The van der Waals surface area contributed by atoms with Crippen molar-refractivity contribution in [1.82, 2.24) is 0 Å². The molecule has 3 atom stereocenters. The minimum absolute atomic E-state index is 0.0672. The molecule has 3 N–H and O–H groups in total. The Balaban J connectivity index is 3.95. The van der Waals surface area contributed by atoms with Crippen molar-refractivity contribution < 1.29 is 14.0 Å². The summed E-state index contributed by atoms with van der Waals surface area (Å²) in [4.78, 5) is 9.16. The standard InChI is InChI=1S/C6H15ClNO3P/c1-3-6(8)11-12(9,10)4-5(2)7/h5-6H,3-4,8H2,1-2H3,(H,9,10). The van der Waals surface area contributed by atoms with Crippen molar-refractivity contribution in [2.45, 2.75) is 31.9 Å². The highest BCUT2D eigenvalue weighted by Crippen LogP contribution is 2.44. The molecule has 3 unspecified atom stereocenters. The molecule has 0 fully saturated rings. The fourth-order valence-electron chi connectivity index (χ4n) is 0.647. The van der Waals surface area contributed by atoms with E-state index in [0.717, 1.165) is 0 Å². The summed E-state index contributed by atoms with van der Waals surface area (Å²) in [6, 6.07) is 0. The van der Waals surface area contributed by atoms with Crippen molar-refractivity contribution in [3.63, 3.8) is 0 Å². The van der Waals surface area contributed by atoms with Gasteiger partial charge in [0.25, 0.3) is 0 Å². The maximum Gasteiger partial charge on any atom is 0.331 e. The molecular formula is C6H15ClNO3P. The van der Waals surface area contributed by atoms with Gasteiger partial charge in [-0.25, -0.2) is 0 Å². The summed E-state index contributed by atoms with van der Waals surface area (Å²) >= 11 is 5.54. The van der Waals surface area contributed by atoms with Gasteiger partial charge in [0, 0.05) is 5.38 Å². The van der Waals surface area contributed by atoms with Crippen LogP contribution in [0.15, 0.2) is 0 Å². The SMILES string of the molecule is CCC(N)OP(=O)(O)CC(C)Cl. The second kappa shape index (κ2) is 5.20. The minimum atomic E-state index is -3.58. The lowest BCUT2D eigenvalue weighted by atomic mass is 10.5. The molecule has 0 aromatic carbocycles. The number of halogens is 1. The predicted molar refractivity (Wildman–Crippen MR) is 49.4 cm³/mol. The highest BCUT2D eigenvalue weighted by Gasteiger charge is 2.24. The summed E-state index contributed by atoms with van der Waals surface area (Å²) < 4.78 is 15.9. The molecule has 4 nitrogen and oxygen atoms in total. The van der Waals surface area contributed by atoms with Crippen molar-refractivity contribution >= 4 is 19.2 Å². The Morgan fingerprint density at radius 3 is 2.58 bits per heavy atom. The lowest BCUT2D eigenvalue weighted by molar-refractivity contribution is 0.176. The molecule has 0 bridgehead atoms. The van der Waals surface area contributed by atoms with Crippen LogP contribution in [0.3, 0.4) is 0 Å². The highest BCUT2D eigenvalue weighted by molar-refractivity contribution is 7.53. The Bertz CT molecular complexity index is 176. The van der Waals surface area contributed by atoms with E-state index in [9.17, 15) is 4.57 Å². The molecule has 0 aliphatic heterocycles. The summed E-state index contributed by atoms with van der Waals surface area (Å²) in [6.45, 7) is 3.40. The van der Waals surface area contributed by atoms with Gasteiger partial charge >= 0.3 is 7.60 Å². The van der Waals surface area contributed by atoms with Crippen molar-refractivity contribution in [3.05, 3.63) is 0 Å². The van der Waals surface area contributed by atoms with E-state index in [2.05, 4.69) is 0 Å². The molecule has 0 aliphatic rings. The third-order valence-corrected chi connectivity index (χ3v) is 3.16. The number of hydrogen-bond donors (Lipinski definition) is 2. The highest BCUT2D eigenvalue weighted by atomic mass is 35.5. The molecule has 6 heteroatoms. The predicted octanol–water partition coefficient (Wildman–Crippen LogP) is 1.51. The molecule has 12 heavy (non-hydrogen) atoms. The first-order valence-corrected chi connectivity index (χ1v) is 5.97. The Hall–Kier alpha value is 0.400. The number of rotatable bonds is 5. The average molecular weight is 216 g/mol. The van der Waals surface area contributed by atoms with Crippen LogP contribution in [0.4, 0.5) is 0 Å². The van der Waals surface area contributed by atoms with Crippen molar-refractivity contribution in [3.8, 4) is 0 Å². The first-order valence-electron chi connectivity index (χ1n) is 3.77. The van der Waals surface area contributed by atoms with Crippen LogP contribution in [-0.4, -0.2) is 22.7 Å². The molecular weight excluding hydrogens is 200 g/mol. The fourth-order valence-corrected chi connectivity index (χ4v) is 2.46. The van der Waals surface area contributed by atoms with Gasteiger partial charge in [-0.15, -0.1) is 11.6 Å². The lowest BCUT2D eigenvalue weighted by Gasteiger charge is -2.17. The van der Waals surface area contributed by atoms with Crippen molar-refractivity contribution in [1.29, 1.82) is 0 Å². The summed E-state index contributed by atoms with van der Waals surface area (Å²) in [5.41, 5.74) is 5.34. The Labute approximate surface area is 77.6 Å². The lowest BCUT2D eigenvalue weighted by Crippen LogP contribution is -2.22. The van der Waals surface area contributed by atoms with Crippen molar-refractivity contribution in [2.24, 2.45) is 5.73 Å². The van der Waals surface area contributed by atoms with Crippen LogP contribution < -0.4 is 5.73 Å². The van der Waals surface area contributed by atoms with E-state index in [1.54, 1.807) is 13.8 Å². The van der Waals surface area contributed by atoms with Gasteiger partial charge in [0.15, 0.2) is 0 Å². The Morgan fingerprint density at radius 2 is 2.25 bits per heavy atom. The van der Waals surface area contributed by atoms with Crippen molar-refractivity contribution in [2.75, 3.05) is 6.16 Å². The van der Waals surface area contributed by atoms with Crippen LogP contribution in [0.5, 0.6) is 0 Å². The van der Waals surface area contributed by atoms with E-state index in [1.165, 1.54) is 0 Å². The first kappa shape index (κ1) is 12.4. The largest absolute Gasteiger partial charge is 0.331 e. The zero-order valence-corrected chi connectivity index (χ0v) is 8.89. The van der Waals surface area contributed by atoms with Gasteiger partial charge in [0.2, 0.25) is 0 Å². The van der Waals surface area contributed by atoms with Crippen LogP contribution in [0, 0.1) is 0 Å². The maximum atomic E-state index is 11.2. The summed E-state index contributed by atoms with van der Waals surface area (Å²) in [5, 5.41) is -0.384.